The Labute approximate surface area is 120 Å². The van der Waals surface area contributed by atoms with Crippen LogP contribution < -0.4 is 10.5 Å². The molecule has 0 atom stereocenters. The van der Waals surface area contributed by atoms with Crippen LogP contribution in [-0.4, -0.2) is 11.5 Å². The van der Waals surface area contributed by atoms with Gasteiger partial charge in [-0.2, -0.15) is 0 Å². The topological polar surface area (TPSA) is 48.1 Å². The number of ether oxygens (including phenoxy) is 1. The normalized spacial score (nSPS) is 10.8. The second-order valence-electron chi connectivity index (χ2n) is 5.33. The molecule has 1 aromatic heterocycles. The Balaban J connectivity index is 2.19. The predicted octanol–water partition coefficient (Wildman–Crippen LogP) is 3.81. The molecule has 0 saturated heterocycles. The van der Waals surface area contributed by atoms with E-state index in [1.165, 1.54) is 5.56 Å². The molecule has 0 aliphatic heterocycles. The Kier molecular flexibility index (Phi) is 4.74. The van der Waals surface area contributed by atoms with Crippen LogP contribution in [0.4, 0.5) is 0 Å². The highest BCUT2D eigenvalue weighted by Crippen LogP contribution is 2.26. The first-order valence-electron chi connectivity index (χ1n) is 7.03. The van der Waals surface area contributed by atoms with Gasteiger partial charge in [-0.3, -0.25) is 0 Å². The van der Waals surface area contributed by atoms with Gasteiger partial charge in [0.25, 0.3) is 0 Å². The smallest absolute Gasteiger partial charge is 0.222 e. The monoisotopic (exact) mass is 270 g/mol. The number of nitrogens with zero attached hydrogens (tertiary/aromatic N) is 1. The summed E-state index contributed by atoms with van der Waals surface area (Å²) in [5.74, 6) is 1.98. The van der Waals surface area contributed by atoms with Crippen molar-refractivity contribution in [2.45, 2.75) is 33.1 Å². The third-order valence-corrected chi connectivity index (χ3v) is 3.26. The highest BCUT2D eigenvalue weighted by Gasteiger charge is 2.06. The van der Waals surface area contributed by atoms with Crippen LogP contribution in [0.2, 0.25) is 0 Å². The van der Waals surface area contributed by atoms with Crippen molar-refractivity contribution in [3.63, 3.8) is 0 Å². The Morgan fingerprint density at radius 2 is 2.05 bits per heavy atom. The van der Waals surface area contributed by atoms with Crippen LogP contribution in [0.5, 0.6) is 11.6 Å². The predicted molar refractivity (Wildman–Crippen MR) is 82.3 cm³/mol. The first-order valence-corrected chi connectivity index (χ1v) is 7.03. The first-order chi connectivity index (χ1) is 9.60. The van der Waals surface area contributed by atoms with Gasteiger partial charge in [0.1, 0.15) is 5.75 Å². The van der Waals surface area contributed by atoms with Crippen LogP contribution in [0.15, 0.2) is 36.5 Å². The molecule has 0 saturated carbocycles. The van der Waals surface area contributed by atoms with E-state index in [-0.39, 0.29) is 0 Å². The van der Waals surface area contributed by atoms with Crippen LogP contribution >= 0.6 is 0 Å². The van der Waals surface area contributed by atoms with Gasteiger partial charge < -0.3 is 10.5 Å². The molecule has 2 aromatic rings. The molecule has 0 bridgehead atoms. The number of aromatic nitrogens is 1. The molecule has 0 aliphatic carbocycles. The van der Waals surface area contributed by atoms with Gasteiger partial charge in [-0.05, 0) is 55.1 Å². The highest BCUT2D eigenvalue weighted by molar-refractivity contribution is 5.36. The van der Waals surface area contributed by atoms with Gasteiger partial charge in [0, 0.05) is 11.8 Å². The molecule has 0 radical (unpaired) electrons. The summed E-state index contributed by atoms with van der Waals surface area (Å²) < 4.78 is 5.89. The number of pyridine rings is 1. The van der Waals surface area contributed by atoms with Crippen LogP contribution in [-0.2, 0) is 6.42 Å². The fourth-order valence-corrected chi connectivity index (χ4v) is 2.08. The van der Waals surface area contributed by atoms with E-state index in [1.807, 2.05) is 25.3 Å². The van der Waals surface area contributed by atoms with Gasteiger partial charge in [-0.15, -0.1) is 0 Å². The molecule has 2 rings (SSSR count). The van der Waals surface area contributed by atoms with Crippen molar-refractivity contribution in [2.24, 2.45) is 5.73 Å². The van der Waals surface area contributed by atoms with Crippen molar-refractivity contribution in [1.82, 2.24) is 4.98 Å². The maximum absolute atomic E-state index is 5.89. The summed E-state index contributed by atoms with van der Waals surface area (Å²) in [4.78, 5) is 4.39. The van der Waals surface area contributed by atoms with Crippen molar-refractivity contribution >= 4 is 0 Å². The zero-order valence-electron chi connectivity index (χ0n) is 12.4. The van der Waals surface area contributed by atoms with Crippen molar-refractivity contribution in [2.75, 3.05) is 6.54 Å². The minimum absolute atomic E-state index is 0.486. The second-order valence-corrected chi connectivity index (χ2v) is 5.33. The molecule has 2 N–H and O–H groups in total. The summed E-state index contributed by atoms with van der Waals surface area (Å²) in [5, 5.41) is 0. The zero-order chi connectivity index (χ0) is 14.5. The van der Waals surface area contributed by atoms with Crippen molar-refractivity contribution in [3.8, 4) is 11.6 Å². The number of hydrogen-bond donors (Lipinski definition) is 1. The van der Waals surface area contributed by atoms with E-state index in [0.717, 1.165) is 23.3 Å². The lowest BCUT2D eigenvalue weighted by Crippen LogP contribution is -2.03. The molecule has 0 unspecified atom stereocenters. The van der Waals surface area contributed by atoms with Crippen LogP contribution in [0, 0.1) is 6.92 Å². The first kappa shape index (κ1) is 14.5. The third-order valence-electron chi connectivity index (χ3n) is 3.26. The van der Waals surface area contributed by atoms with E-state index in [1.54, 1.807) is 0 Å². The maximum Gasteiger partial charge on any atom is 0.222 e. The van der Waals surface area contributed by atoms with Gasteiger partial charge in [-0.1, -0.05) is 26.0 Å². The molecule has 3 nitrogen and oxygen atoms in total. The summed E-state index contributed by atoms with van der Waals surface area (Å²) in [6.07, 6.45) is 2.68. The lowest BCUT2D eigenvalue weighted by molar-refractivity contribution is 0.457. The molecule has 0 amide bonds. The maximum atomic E-state index is 5.89. The molecule has 0 spiro atoms. The second kappa shape index (κ2) is 6.53. The van der Waals surface area contributed by atoms with Crippen LogP contribution in [0.1, 0.15) is 36.5 Å². The van der Waals surface area contributed by atoms with E-state index in [9.17, 15) is 0 Å². The molecule has 106 valence electrons. The quantitative estimate of drug-likeness (QED) is 0.898. The molecule has 0 aliphatic rings. The summed E-state index contributed by atoms with van der Waals surface area (Å²) in [6, 6.07) is 10.2. The number of aryl methyl sites for hydroxylation is 1. The molecule has 1 heterocycles. The molecular formula is C17H22N2O. The van der Waals surface area contributed by atoms with Gasteiger partial charge >= 0.3 is 0 Å². The third kappa shape index (κ3) is 3.58. The zero-order valence-corrected chi connectivity index (χ0v) is 12.4. The summed E-state index contributed by atoms with van der Waals surface area (Å²) in [6.45, 7) is 6.99. The summed E-state index contributed by atoms with van der Waals surface area (Å²) in [7, 11) is 0. The van der Waals surface area contributed by atoms with E-state index in [4.69, 9.17) is 10.5 Å². The largest absolute Gasteiger partial charge is 0.439 e. The standard InChI is InChI=1S/C17H22N2O/c1-12(2)15-5-4-6-16(10-15)20-17-13(3)9-14(7-8-18)11-19-17/h4-6,9-12H,7-8,18H2,1-3H3. The fraction of sp³-hybridized carbons (Fsp3) is 0.353. The Hall–Kier alpha value is -1.87. The molecular weight excluding hydrogens is 248 g/mol. The average molecular weight is 270 g/mol. The minimum atomic E-state index is 0.486. The number of hydrogen-bond acceptors (Lipinski definition) is 3. The summed E-state index contributed by atoms with van der Waals surface area (Å²) in [5.41, 5.74) is 9.00. The van der Waals surface area contributed by atoms with E-state index in [2.05, 4.69) is 37.0 Å². The average Bonchev–Trinajstić information content (AvgIpc) is 2.42. The number of nitrogens with two attached hydrogens (primary N) is 1. The minimum Gasteiger partial charge on any atom is -0.439 e. The Morgan fingerprint density at radius 3 is 2.70 bits per heavy atom. The lowest BCUT2D eigenvalue weighted by Gasteiger charge is -2.11. The van der Waals surface area contributed by atoms with Crippen LogP contribution in [0.3, 0.4) is 0 Å². The van der Waals surface area contributed by atoms with Gasteiger partial charge in [0.15, 0.2) is 0 Å². The van der Waals surface area contributed by atoms with Gasteiger partial charge in [0.05, 0.1) is 0 Å². The SMILES string of the molecule is Cc1cc(CCN)cnc1Oc1cccc(C(C)C)c1. The highest BCUT2D eigenvalue weighted by atomic mass is 16.5. The summed E-state index contributed by atoms with van der Waals surface area (Å²) >= 11 is 0. The Morgan fingerprint density at radius 1 is 1.25 bits per heavy atom. The van der Waals surface area contributed by atoms with Crippen molar-refractivity contribution in [1.29, 1.82) is 0 Å². The fourth-order valence-electron chi connectivity index (χ4n) is 2.08. The van der Waals surface area contributed by atoms with Gasteiger partial charge in [-0.25, -0.2) is 4.98 Å². The molecule has 1 aromatic carbocycles. The van der Waals surface area contributed by atoms with Crippen molar-refractivity contribution < 1.29 is 4.74 Å². The van der Waals surface area contributed by atoms with E-state index in [0.29, 0.717) is 18.3 Å². The van der Waals surface area contributed by atoms with E-state index < -0.39 is 0 Å². The molecule has 20 heavy (non-hydrogen) atoms. The lowest BCUT2D eigenvalue weighted by atomic mass is 10.0. The number of benzene rings is 1. The van der Waals surface area contributed by atoms with Gasteiger partial charge in [0.2, 0.25) is 5.88 Å². The van der Waals surface area contributed by atoms with Crippen LogP contribution in [0.25, 0.3) is 0 Å². The molecule has 3 heteroatoms. The number of rotatable bonds is 5. The van der Waals surface area contributed by atoms with E-state index >= 15 is 0 Å². The molecule has 0 fully saturated rings. The Bertz CT molecular complexity index is 579. The van der Waals surface area contributed by atoms with Crippen molar-refractivity contribution in [3.05, 3.63) is 53.2 Å².